The Bertz CT molecular complexity index is 462. The van der Waals surface area contributed by atoms with Gasteiger partial charge >= 0.3 is 0 Å². The molecule has 0 saturated carbocycles. The maximum Gasteiger partial charge on any atom is 0.149 e. The number of fused-ring (bicyclic) bond motifs is 1. The number of hydrogen-bond donors (Lipinski definition) is 0. The summed E-state index contributed by atoms with van der Waals surface area (Å²) >= 11 is 11.7. The maximum atomic E-state index is 13.2. The van der Waals surface area contributed by atoms with Crippen molar-refractivity contribution in [1.82, 2.24) is 4.98 Å². The fourth-order valence-electron chi connectivity index (χ4n) is 1.16. The van der Waals surface area contributed by atoms with Crippen LogP contribution < -0.4 is 0 Å². The molecule has 66 valence electrons. The van der Waals surface area contributed by atoms with Gasteiger partial charge in [-0.05, 0) is 18.2 Å². The van der Waals surface area contributed by atoms with Crippen molar-refractivity contribution < 1.29 is 4.39 Å². The van der Waals surface area contributed by atoms with Crippen LogP contribution in [0.2, 0.25) is 10.0 Å². The first-order chi connectivity index (χ1) is 6.20. The molecule has 1 heterocycles. The first-order valence-corrected chi connectivity index (χ1v) is 4.34. The number of rotatable bonds is 0. The van der Waals surface area contributed by atoms with Gasteiger partial charge < -0.3 is 0 Å². The van der Waals surface area contributed by atoms with E-state index in [0.29, 0.717) is 15.4 Å². The Kier molecular flexibility index (Phi) is 2.10. The van der Waals surface area contributed by atoms with Crippen LogP contribution in [-0.2, 0) is 0 Å². The highest BCUT2D eigenvalue weighted by Gasteiger charge is 2.08. The van der Waals surface area contributed by atoms with E-state index in [1.807, 2.05) is 0 Å². The van der Waals surface area contributed by atoms with Gasteiger partial charge in [0, 0.05) is 11.6 Å². The van der Waals surface area contributed by atoms with Gasteiger partial charge in [-0.1, -0.05) is 23.2 Å². The summed E-state index contributed by atoms with van der Waals surface area (Å²) in [6, 6.07) is 4.32. The summed E-state index contributed by atoms with van der Waals surface area (Å²) in [6.45, 7) is 0. The fraction of sp³-hybridized carbons (Fsp3) is 0. The molecule has 2 aromatic rings. The number of pyridine rings is 1. The molecule has 0 spiro atoms. The highest BCUT2D eigenvalue weighted by atomic mass is 35.5. The average Bonchev–Trinajstić information content (AvgIpc) is 2.12. The molecular weight excluding hydrogens is 212 g/mol. The van der Waals surface area contributed by atoms with Gasteiger partial charge in [0.2, 0.25) is 0 Å². The van der Waals surface area contributed by atoms with E-state index < -0.39 is 5.82 Å². The molecule has 0 saturated heterocycles. The van der Waals surface area contributed by atoms with E-state index in [-0.39, 0.29) is 5.52 Å². The minimum absolute atomic E-state index is 0.208. The van der Waals surface area contributed by atoms with Gasteiger partial charge in [-0.25, -0.2) is 4.39 Å². The largest absolute Gasteiger partial charge is 0.253 e. The minimum Gasteiger partial charge on any atom is -0.253 e. The van der Waals surface area contributed by atoms with E-state index in [1.54, 1.807) is 6.07 Å². The molecule has 0 unspecified atom stereocenters. The number of halogens is 3. The van der Waals surface area contributed by atoms with Gasteiger partial charge in [0.1, 0.15) is 11.3 Å². The topological polar surface area (TPSA) is 12.9 Å². The molecular formula is C9H4Cl2FN. The van der Waals surface area contributed by atoms with Crippen LogP contribution >= 0.6 is 23.2 Å². The van der Waals surface area contributed by atoms with E-state index in [9.17, 15) is 4.39 Å². The Morgan fingerprint density at radius 3 is 2.46 bits per heavy atom. The Labute approximate surface area is 84.1 Å². The quantitative estimate of drug-likeness (QED) is 0.654. The third-order valence-corrected chi connectivity index (χ3v) is 2.37. The molecule has 0 amide bonds. The summed E-state index contributed by atoms with van der Waals surface area (Å²) in [4.78, 5) is 3.86. The third-order valence-electron chi connectivity index (χ3n) is 1.74. The number of benzene rings is 1. The molecule has 0 bridgehead atoms. The second-order valence-electron chi connectivity index (χ2n) is 2.55. The Balaban J connectivity index is 3.00. The number of aromatic nitrogens is 1. The van der Waals surface area contributed by atoms with Crippen molar-refractivity contribution in [2.24, 2.45) is 0 Å². The van der Waals surface area contributed by atoms with Crippen LogP contribution in [0, 0.1) is 5.82 Å². The van der Waals surface area contributed by atoms with Crippen LogP contribution in [0.4, 0.5) is 4.39 Å². The van der Waals surface area contributed by atoms with E-state index in [1.165, 1.54) is 18.3 Å². The summed E-state index contributed by atoms with van der Waals surface area (Å²) in [7, 11) is 0. The summed E-state index contributed by atoms with van der Waals surface area (Å²) in [6.07, 6.45) is 1.45. The normalized spacial score (nSPS) is 10.7. The highest BCUT2D eigenvalue weighted by molar-refractivity contribution is 6.42. The van der Waals surface area contributed by atoms with Crippen molar-refractivity contribution in [3.63, 3.8) is 0 Å². The molecule has 0 aliphatic carbocycles. The van der Waals surface area contributed by atoms with Crippen molar-refractivity contribution in [3.8, 4) is 0 Å². The SMILES string of the molecule is Fc1ccc(Cl)c2c(Cl)ccnc12. The molecule has 2 rings (SSSR count). The lowest BCUT2D eigenvalue weighted by atomic mass is 10.2. The van der Waals surface area contributed by atoms with E-state index >= 15 is 0 Å². The number of nitrogens with zero attached hydrogens (tertiary/aromatic N) is 1. The third kappa shape index (κ3) is 1.36. The zero-order valence-electron chi connectivity index (χ0n) is 6.39. The van der Waals surface area contributed by atoms with Crippen LogP contribution in [0.3, 0.4) is 0 Å². The molecule has 0 fully saturated rings. The van der Waals surface area contributed by atoms with Gasteiger partial charge in [-0.15, -0.1) is 0 Å². The van der Waals surface area contributed by atoms with Crippen molar-refractivity contribution in [3.05, 3.63) is 40.3 Å². The van der Waals surface area contributed by atoms with E-state index in [0.717, 1.165) is 0 Å². The smallest absolute Gasteiger partial charge is 0.149 e. The van der Waals surface area contributed by atoms with Crippen LogP contribution in [0.15, 0.2) is 24.4 Å². The van der Waals surface area contributed by atoms with Gasteiger partial charge in [-0.2, -0.15) is 0 Å². The average molecular weight is 216 g/mol. The minimum atomic E-state index is -0.415. The summed E-state index contributed by atoms with van der Waals surface area (Å²) in [5, 5.41) is 1.29. The zero-order chi connectivity index (χ0) is 9.42. The van der Waals surface area contributed by atoms with E-state index in [4.69, 9.17) is 23.2 Å². The lowest BCUT2D eigenvalue weighted by molar-refractivity contribution is 0.637. The van der Waals surface area contributed by atoms with E-state index in [2.05, 4.69) is 4.98 Å². The molecule has 1 nitrogen and oxygen atoms in total. The number of hydrogen-bond acceptors (Lipinski definition) is 1. The van der Waals surface area contributed by atoms with Crippen LogP contribution in [0.1, 0.15) is 0 Å². The van der Waals surface area contributed by atoms with Crippen LogP contribution in [0.25, 0.3) is 10.9 Å². The zero-order valence-corrected chi connectivity index (χ0v) is 7.90. The lowest BCUT2D eigenvalue weighted by Gasteiger charge is -2.01. The van der Waals surface area contributed by atoms with Gasteiger partial charge in [0.05, 0.1) is 10.0 Å². The first kappa shape index (κ1) is 8.73. The van der Waals surface area contributed by atoms with Crippen molar-refractivity contribution >= 4 is 34.1 Å². The molecule has 4 heteroatoms. The monoisotopic (exact) mass is 215 g/mol. The lowest BCUT2D eigenvalue weighted by Crippen LogP contribution is -1.85. The maximum absolute atomic E-state index is 13.2. The Hall–Kier alpha value is -0.860. The fourth-order valence-corrected chi connectivity index (χ4v) is 1.71. The Morgan fingerprint density at radius 2 is 1.77 bits per heavy atom. The molecule has 0 radical (unpaired) electrons. The Morgan fingerprint density at radius 1 is 1.08 bits per heavy atom. The molecule has 0 atom stereocenters. The molecule has 1 aromatic heterocycles. The predicted molar refractivity (Wildman–Crippen MR) is 51.7 cm³/mol. The second-order valence-corrected chi connectivity index (χ2v) is 3.36. The molecule has 0 aliphatic rings. The molecule has 0 aliphatic heterocycles. The van der Waals surface area contributed by atoms with Crippen molar-refractivity contribution in [1.29, 1.82) is 0 Å². The van der Waals surface area contributed by atoms with Crippen molar-refractivity contribution in [2.75, 3.05) is 0 Å². The molecule has 1 aromatic carbocycles. The van der Waals surface area contributed by atoms with Crippen LogP contribution in [-0.4, -0.2) is 4.98 Å². The predicted octanol–water partition coefficient (Wildman–Crippen LogP) is 3.68. The first-order valence-electron chi connectivity index (χ1n) is 3.58. The standard InChI is InChI=1S/C9H4Cl2FN/c10-5-1-2-7(12)9-8(5)6(11)3-4-13-9/h1-4H. The summed E-state index contributed by atoms with van der Waals surface area (Å²) in [5.74, 6) is -0.415. The summed E-state index contributed by atoms with van der Waals surface area (Å²) in [5.41, 5.74) is 0.208. The highest BCUT2D eigenvalue weighted by Crippen LogP contribution is 2.29. The van der Waals surface area contributed by atoms with Gasteiger partial charge in [-0.3, -0.25) is 4.98 Å². The summed E-state index contributed by atoms with van der Waals surface area (Å²) < 4.78 is 13.2. The van der Waals surface area contributed by atoms with Gasteiger partial charge in [0.15, 0.2) is 0 Å². The second kappa shape index (κ2) is 3.13. The molecule has 0 N–H and O–H groups in total. The van der Waals surface area contributed by atoms with Crippen molar-refractivity contribution in [2.45, 2.75) is 0 Å². The molecule has 13 heavy (non-hydrogen) atoms. The van der Waals surface area contributed by atoms with Gasteiger partial charge in [0.25, 0.3) is 0 Å². The van der Waals surface area contributed by atoms with Crippen LogP contribution in [0.5, 0.6) is 0 Å².